The fourth-order valence-corrected chi connectivity index (χ4v) is 3.56. The zero-order valence-electron chi connectivity index (χ0n) is 17.4. The summed E-state index contributed by atoms with van der Waals surface area (Å²) in [5, 5.41) is 0. The second-order valence-corrected chi connectivity index (χ2v) is 6.96. The summed E-state index contributed by atoms with van der Waals surface area (Å²) in [6, 6.07) is 1.82. The Hall–Kier alpha value is -2.67. The number of methoxy groups -OCH3 is 1. The Bertz CT molecular complexity index is 905. The fourth-order valence-electron chi connectivity index (χ4n) is 3.56. The van der Waals surface area contributed by atoms with Gasteiger partial charge in [-0.25, -0.2) is 4.79 Å². The van der Waals surface area contributed by atoms with Gasteiger partial charge in [-0.15, -0.1) is 0 Å². The van der Waals surface area contributed by atoms with E-state index in [1.807, 2.05) is 19.9 Å². The summed E-state index contributed by atoms with van der Waals surface area (Å²) < 4.78 is 12.4. The molecule has 0 radical (unpaired) electrons. The predicted octanol–water partition coefficient (Wildman–Crippen LogP) is 3.33. The molecule has 2 aromatic heterocycles. The maximum atomic E-state index is 12.6. The molecule has 2 aromatic rings. The topological polar surface area (TPSA) is 90.4 Å². The normalized spacial score (nSPS) is 10.9. The number of esters is 1. The Labute approximate surface area is 165 Å². The molecular weight excluding hydrogens is 360 g/mol. The molecule has 2 rings (SSSR count). The first kappa shape index (κ1) is 21.6. The predicted molar refractivity (Wildman–Crippen MR) is 105 cm³/mol. The van der Waals surface area contributed by atoms with Gasteiger partial charge in [-0.2, -0.15) is 0 Å². The number of Topliss-reactive ketones (excluding diaryl/α,β-unsaturated/α-hetero) is 2. The maximum Gasteiger partial charge on any atom is 0.355 e. The lowest BCUT2D eigenvalue weighted by Crippen LogP contribution is -2.16. The first-order valence-corrected chi connectivity index (χ1v) is 9.25. The standard InChI is InChI=1S/C21H28N2O5/c1-12-10-17(15(4)23(12)8-7-9-27-6)18(25)11-28-21(26)20-13(2)19(16(5)24)14(3)22-20/h10,22H,7-9,11H2,1-6H3. The number of aryl methyl sites for hydroxylation is 2. The van der Waals surface area contributed by atoms with E-state index in [9.17, 15) is 14.4 Å². The molecule has 0 spiro atoms. The van der Waals surface area contributed by atoms with Gasteiger partial charge in [-0.1, -0.05) is 0 Å². The molecule has 7 heteroatoms. The molecule has 0 atom stereocenters. The van der Waals surface area contributed by atoms with Crippen LogP contribution in [0.15, 0.2) is 6.07 Å². The number of rotatable bonds is 9. The molecular formula is C21H28N2O5. The van der Waals surface area contributed by atoms with Crippen LogP contribution in [0.5, 0.6) is 0 Å². The van der Waals surface area contributed by atoms with Crippen molar-refractivity contribution in [2.45, 2.75) is 47.6 Å². The van der Waals surface area contributed by atoms with Gasteiger partial charge in [0.2, 0.25) is 5.78 Å². The van der Waals surface area contributed by atoms with Crippen LogP contribution in [0.4, 0.5) is 0 Å². The van der Waals surface area contributed by atoms with Crippen LogP contribution < -0.4 is 0 Å². The highest BCUT2D eigenvalue weighted by atomic mass is 16.5. The highest BCUT2D eigenvalue weighted by Gasteiger charge is 2.22. The maximum absolute atomic E-state index is 12.6. The highest BCUT2D eigenvalue weighted by molar-refractivity contribution is 6.03. The van der Waals surface area contributed by atoms with Crippen molar-refractivity contribution >= 4 is 17.5 Å². The summed E-state index contributed by atoms with van der Waals surface area (Å²) in [6.07, 6.45) is 0.847. The van der Waals surface area contributed by atoms with Gasteiger partial charge in [0.25, 0.3) is 0 Å². The Morgan fingerprint density at radius 1 is 1.14 bits per heavy atom. The lowest BCUT2D eigenvalue weighted by Gasteiger charge is -2.09. The van der Waals surface area contributed by atoms with E-state index in [2.05, 4.69) is 9.55 Å². The van der Waals surface area contributed by atoms with E-state index in [0.29, 0.717) is 29.0 Å². The van der Waals surface area contributed by atoms with Gasteiger partial charge < -0.3 is 19.0 Å². The number of nitrogens with one attached hydrogen (secondary N) is 1. The molecule has 0 aliphatic carbocycles. The van der Waals surface area contributed by atoms with Crippen LogP contribution in [0.1, 0.15) is 67.2 Å². The number of carbonyl (C=O) groups excluding carboxylic acids is 3. The number of carbonyl (C=O) groups is 3. The third-order valence-corrected chi connectivity index (χ3v) is 4.93. The molecule has 0 bridgehead atoms. The highest BCUT2D eigenvalue weighted by Crippen LogP contribution is 2.20. The van der Waals surface area contributed by atoms with E-state index in [1.165, 1.54) is 6.92 Å². The number of hydrogen-bond acceptors (Lipinski definition) is 5. The summed E-state index contributed by atoms with van der Waals surface area (Å²) in [4.78, 5) is 39.6. The molecule has 0 amide bonds. The largest absolute Gasteiger partial charge is 0.453 e. The van der Waals surface area contributed by atoms with Crippen LogP contribution >= 0.6 is 0 Å². The number of ether oxygens (including phenoxy) is 2. The summed E-state index contributed by atoms with van der Waals surface area (Å²) in [5.74, 6) is -1.02. The zero-order valence-corrected chi connectivity index (χ0v) is 17.4. The molecule has 0 saturated heterocycles. The monoisotopic (exact) mass is 388 g/mol. The minimum Gasteiger partial charge on any atom is -0.453 e. The zero-order chi connectivity index (χ0) is 21.0. The molecule has 7 nitrogen and oxygen atoms in total. The van der Waals surface area contributed by atoms with Crippen LogP contribution in [-0.2, 0) is 16.0 Å². The smallest absolute Gasteiger partial charge is 0.355 e. The Morgan fingerprint density at radius 2 is 1.82 bits per heavy atom. The minimum absolute atomic E-state index is 0.123. The van der Waals surface area contributed by atoms with Crippen molar-refractivity contribution in [3.8, 4) is 0 Å². The summed E-state index contributed by atoms with van der Waals surface area (Å²) in [5.41, 5.74) is 4.22. The number of ketones is 2. The van der Waals surface area contributed by atoms with Gasteiger partial charge in [-0.3, -0.25) is 9.59 Å². The van der Waals surface area contributed by atoms with E-state index in [4.69, 9.17) is 9.47 Å². The van der Waals surface area contributed by atoms with Crippen molar-refractivity contribution < 1.29 is 23.9 Å². The van der Waals surface area contributed by atoms with Gasteiger partial charge in [-0.05, 0) is 52.7 Å². The fraction of sp³-hybridized carbons (Fsp3) is 0.476. The molecule has 0 aliphatic heterocycles. The lowest BCUT2D eigenvalue weighted by molar-refractivity contribution is 0.0468. The molecule has 152 valence electrons. The van der Waals surface area contributed by atoms with Crippen molar-refractivity contribution in [1.82, 2.24) is 9.55 Å². The van der Waals surface area contributed by atoms with Crippen LogP contribution in [0.25, 0.3) is 0 Å². The summed E-state index contributed by atoms with van der Waals surface area (Å²) in [6.45, 7) is 9.74. The average molecular weight is 388 g/mol. The van der Waals surface area contributed by atoms with Crippen LogP contribution in [0, 0.1) is 27.7 Å². The molecule has 0 saturated carbocycles. The van der Waals surface area contributed by atoms with E-state index < -0.39 is 5.97 Å². The van der Waals surface area contributed by atoms with Crippen molar-refractivity contribution in [1.29, 1.82) is 0 Å². The Balaban J connectivity index is 2.08. The van der Waals surface area contributed by atoms with Gasteiger partial charge in [0.15, 0.2) is 12.4 Å². The molecule has 0 aliphatic rings. The molecule has 0 fully saturated rings. The van der Waals surface area contributed by atoms with Gasteiger partial charge >= 0.3 is 5.97 Å². The Morgan fingerprint density at radius 3 is 2.39 bits per heavy atom. The molecule has 28 heavy (non-hydrogen) atoms. The second-order valence-electron chi connectivity index (χ2n) is 6.96. The first-order valence-electron chi connectivity index (χ1n) is 9.25. The quantitative estimate of drug-likeness (QED) is 0.404. The number of hydrogen-bond donors (Lipinski definition) is 1. The molecule has 2 heterocycles. The van der Waals surface area contributed by atoms with Gasteiger partial charge in [0.05, 0.1) is 0 Å². The van der Waals surface area contributed by atoms with Crippen LogP contribution in [0.3, 0.4) is 0 Å². The molecule has 0 aromatic carbocycles. The van der Waals surface area contributed by atoms with E-state index in [1.54, 1.807) is 21.0 Å². The minimum atomic E-state index is -0.643. The van der Waals surface area contributed by atoms with E-state index >= 15 is 0 Å². The van der Waals surface area contributed by atoms with Gasteiger partial charge in [0.1, 0.15) is 5.69 Å². The van der Waals surface area contributed by atoms with Crippen molar-refractivity contribution in [2.75, 3.05) is 20.3 Å². The first-order chi connectivity index (χ1) is 13.2. The van der Waals surface area contributed by atoms with Crippen molar-refractivity contribution in [3.63, 3.8) is 0 Å². The Kier molecular flexibility index (Phi) is 6.96. The summed E-state index contributed by atoms with van der Waals surface area (Å²) in [7, 11) is 1.66. The third kappa shape index (κ3) is 4.42. The number of nitrogens with zero attached hydrogens (tertiary/aromatic N) is 1. The van der Waals surface area contributed by atoms with E-state index in [-0.39, 0.29) is 23.9 Å². The van der Waals surface area contributed by atoms with Crippen molar-refractivity contribution in [2.24, 2.45) is 0 Å². The SMILES string of the molecule is COCCCn1c(C)cc(C(=O)COC(=O)c2[nH]c(C)c(C(C)=O)c2C)c1C. The molecule has 0 unspecified atom stereocenters. The lowest BCUT2D eigenvalue weighted by atomic mass is 10.1. The number of aromatic nitrogens is 2. The van der Waals surface area contributed by atoms with Crippen LogP contribution in [0.2, 0.25) is 0 Å². The molecule has 1 N–H and O–H groups in total. The van der Waals surface area contributed by atoms with Crippen LogP contribution in [-0.4, -0.2) is 47.4 Å². The van der Waals surface area contributed by atoms with Crippen molar-refractivity contribution in [3.05, 3.63) is 45.5 Å². The second kappa shape index (κ2) is 9.01. The van der Waals surface area contributed by atoms with E-state index in [0.717, 1.165) is 24.4 Å². The third-order valence-electron chi connectivity index (χ3n) is 4.93. The summed E-state index contributed by atoms with van der Waals surface area (Å²) >= 11 is 0. The number of H-pyrrole nitrogens is 1. The average Bonchev–Trinajstić information content (AvgIpc) is 3.09. The van der Waals surface area contributed by atoms with Gasteiger partial charge in [0, 0.05) is 48.5 Å². The number of aromatic amines is 1.